The van der Waals surface area contributed by atoms with E-state index < -0.39 is 28.5 Å². The number of nitrogens with one attached hydrogen (secondary N) is 1. The van der Waals surface area contributed by atoms with E-state index in [-0.39, 0.29) is 12.5 Å². The monoisotopic (exact) mass is 509 g/mol. The number of anilines is 1. The third-order valence-corrected chi connectivity index (χ3v) is 6.51. The minimum atomic E-state index is -3.75. The molecule has 9 heteroatoms. The fourth-order valence-corrected chi connectivity index (χ4v) is 4.49. The van der Waals surface area contributed by atoms with E-state index >= 15 is 0 Å². The summed E-state index contributed by atoms with van der Waals surface area (Å²) in [6, 6.07) is 15.3. The number of carbonyl (C=O) groups is 2. The first-order chi connectivity index (χ1) is 14.6. The molecule has 0 spiro atoms. The molecule has 0 heterocycles. The Morgan fingerprint density at radius 1 is 1.06 bits per heavy atom. The standard InChI is InChI=1S/C22H28BrN3O4S/c1-4-14-24-22(28)17(2)25(15-18-10-6-5-7-11-18)21(27)16-26(31(3,29)30)20-13-9-8-12-19(20)23/h5-13,17H,4,14-16H2,1-3H3,(H,24,28). The van der Waals surface area contributed by atoms with Gasteiger partial charge in [0.1, 0.15) is 12.6 Å². The lowest BCUT2D eigenvalue weighted by atomic mass is 10.1. The highest BCUT2D eigenvalue weighted by Gasteiger charge is 2.30. The van der Waals surface area contributed by atoms with Crippen molar-refractivity contribution in [3.63, 3.8) is 0 Å². The molecular formula is C22H28BrN3O4S. The molecule has 0 fully saturated rings. The number of hydrogen-bond donors (Lipinski definition) is 1. The Kier molecular flexibility index (Phi) is 9.06. The third kappa shape index (κ3) is 7.07. The molecular weight excluding hydrogens is 482 g/mol. The van der Waals surface area contributed by atoms with Crippen molar-refractivity contribution < 1.29 is 18.0 Å². The maximum Gasteiger partial charge on any atom is 0.244 e. The van der Waals surface area contributed by atoms with Crippen molar-refractivity contribution in [1.29, 1.82) is 0 Å². The van der Waals surface area contributed by atoms with Crippen LogP contribution in [0.25, 0.3) is 0 Å². The van der Waals surface area contributed by atoms with Gasteiger partial charge in [0.05, 0.1) is 11.9 Å². The quantitative estimate of drug-likeness (QED) is 0.532. The minimum absolute atomic E-state index is 0.188. The lowest BCUT2D eigenvalue weighted by Gasteiger charge is -2.31. The SMILES string of the molecule is CCCNC(=O)C(C)N(Cc1ccccc1)C(=O)CN(c1ccccc1Br)S(C)(=O)=O. The van der Waals surface area contributed by atoms with Gasteiger partial charge in [-0.1, -0.05) is 49.4 Å². The molecule has 7 nitrogen and oxygen atoms in total. The molecule has 2 amide bonds. The molecule has 2 aromatic rings. The summed E-state index contributed by atoms with van der Waals surface area (Å²) < 4.78 is 26.6. The molecule has 1 unspecified atom stereocenters. The zero-order chi connectivity index (χ0) is 23.0. The van der Waals surface area contributed by atoms with Crippen molar-refractivity contribution in [3.05, 3.63) is 64.6 Å². The zero-order valence-corrected chi connectivity index (χ0v) is 20.3. The number of halogens is 1. The van der Waals surface area contributed by atoms with Crippen LogP contribution in [0.5, 0.6) is 0 Å². The second-order valence-corrected chi connectivity index (χ2v) is 9.96. The van der Waals surface area contributed by atoms with Crippen molar-refractivity contribution in [1.82, 2.24) is 10.2 Å². The topological polar surface area (TPSA) is 86.8 Å². The summed E-state index contributed by atoms with van der Waals surface area (Å²) in [5, 5.41) is 2.81. The minimum Gasteiger partial charge on any atom is -0.354 e. The third-order valence-electron chi connectivity index (χ3n) is 4.71. The van der Waals surface area contributed by atoms with Crippen LogP contribution in [0.15, 0.2) is 59.1 Å². The number of sulfonamides is 1. The Balaban J connectivity index is 2.35. The highest BCUT2D eigenvalue weighted by Crippen LogP contribution is 2.27. The number of benzene rings is 2. The molecule has 0 saturated carbocycles. The fourth-order valence-electron chi connectivity index (χ4n) is 3.01. The van der Waals surface area contributed by atoms with Gasteiger partial charge in [-0.25, -0.2) is 8.42 Å². The molecule has 0 bridgehead atoms. The van der Waals surface area contributed by atoms with Gasteiger partial charge >= 0.3 is 0 Å². The summed E-state index contributed by atoms with van der Waals surface area (Å²) in [5.74, 6) is -0.748. The van der Waals surface area contributed by atoms with Crippen LogP contribution in [0.1, 0.15) is 25.8 Å². The normalized spacial score (nSPS) is 12.1. The molecule has 0 aliphatic rings. The van der Waals surface area contributed by atoms with Gasteiger partial charge in [0, 0.05) is 17.6 Å². The second kappa shape index (κ2) is 11.3. The molecule has 31 heavy (non-hydrogen) atoms. The van der Waals surface area contributed by atoms with Crippen LogP contribution in [-0.4, -0.2) is 50.5 Å². The number of amides is 2. The maximum absolute atomic E-state index is 13.3. The van der Waals surface area contributed by atoms with Gasteiger partial charge in [-0.05, 0) is 47.0 Å². The first-order valence-corrected chi connectivity index (χ1v) is 12.6. The number of para-hydroxylation sites is 1. The van der Waals surface area contributed by atoms with Crippen LogP contribution >= 0.6 is 15.9 Å². The largest absolute Gasteiger partial charge is 0.354 e. The van der Waals surface area contributed by atoms with Gasteiger partial charge in [-0.3, -0.25) is 13.9 Å². The van der Waals surface area contributed by atoms with Gasteiger partial charge < -0.3 is 10.2 Å². The predicted molar refractivity (Wildman–Crippen MR) is 126 cm³/mol. The summed E-state index contributed by atoms with van der Waals surface area (Å²) in [7, 11) is -3.75. The van der Waals surface area contributed by atoms with Crippen LogP contribution in [0, 0.1) is 0 Å². The van der Waals surface area contributed by atoms with Gasteiger partial charge in [0.15, 0.2) is 0 Å². The van der Waals surface area contributed by atoms with E-state index in [1.54, 1.807) is 31.2 Å². The average Bonchev–Trinajstić information content (AvgIpc) is 2.74. The van der Waals surface area contributed by atoms with Gasteiger partial charge in [-0.2, -0.15) is 0 Å². The lowest BCUT2D eigenvalue weighted by molar-refractivity contribution is -0.139. The van der Waals surface area contributed by atoms with Crippen molar-refractivity contribution in [2.45, 2.75) is 32.9 Å². The number of hydrogen-bond acceptors (Lipinski definition) is 4. The Hall–Kier alpha value is -2.39. The highest BCUT2D eigenvalue weighted by atomic mass is 79.9. The number of carbonyl (C=O) groups excluding carboxylic acids is 2. The molecule has 0 aliphatic carbocycles. The molecule has 168 valence electrons. The summed E-state index contributed by atoms with van der Waals surface area (Å²) >= 11 is 3.36. The molecule has 2 aromatic carbocycles. The first kappa shape index (κ1) is 24.9. The smallest absolute Gasteiger partial charge is 0.244 e. The summed E-state index contributed by atoms with van der Waals surface area (Å²) in [5.41, 5.74) is 1.21. The van der Waals surface area contributed by atoms with Crippen LogP contribution in [0.3, 0.4) is 0 Å². The van der Waals surface area contributed by atoms with Crippen molar-refractivity contribution in [2.75, 3.05) is 23.7 Å². The van der Waals surface area contributed by atoms with E-state index in [9.17, 15) is 18.0 Å². The van der Waals surface area contributed by atoms with Crippen molar-refractivity contribution in [3.8, 4) is 0 Å². The van der Waals surface area contributed by atoms with Crippen LogP contribution in [-0.2, 0) is 26.2 Å². The molecule has 0 radical (unpaired) electrons. The molecule has 0 saturated heterocycles. The van der Waals surface area contributed by atoms with E-state index in [1.807, 2.05) is 37.3 Å². The summed E-state index contributed by atoms with van der Waals surface area (Å²) in [4.78, 5) is 27.3. The fraction of sp³-hybridized carbons (Fsp3) is 0.364. The van der Waals surface area contributed by atoms with Crippen LogP contribution < -0.4 is 9.62 Å². The summed E-state index contributed by atoms with van der Waals surface area (Å²) in [6.45, 7) is 3.87. The first-order valence-electron chi connectivity index (χ1n) is 9.98. The van der Waals surface area contributed by atoms with Gasteiger partial charge in [0.25, 0.3) is 0 Å². The second-order valence-electron chi connectivity index (χ2n) is 7.20. The Labute approximate surface area is 192 Å². The van der Waals surface area contributed by atoms with Crippen LogP contribution in [0.2, 0.25) is 0 Å². The Morgan fingerprint density at radius 3 is 2.26 bits per heavy atom. The molecule has 0 aromatic heterocycles. The average molecular weight is 510 g/mol. The molecule has 2 rings (SSSR count). The van der Waals surface area contributed by atoms with E-state index in [4.69, 9.17) is 0 Å². The summed E-state index contributed by atoms with van der Waals surface area (Å²) in [6.07, 6.45) is 1.83. The van der Waals surface area contributed by atoms with Crippen molar-refractivity contribution in [2.24, 2.45) is 0 Å². The van der Waals surface area contributed by atoms with Crippen molar-refractivity contribution >= 4 is 43.5 Å². The van der Waals surface area contributed by atoms with Gasteiger partial charge in [0.2, 0.25) is 21.8 Å². The van der Waals surface area contributed by atoms with Gasteiger partial charge in [-0.15, -0.1) is 0 Å². The number of rotatable bonds is 10. The molecule has 1 atom stereocenters. The zero-order valence-electron chi connectivity index (χ0n) is 17.9. The predicted octanol–water partition coefficient (Wildman–Crippen LogP) is 3.16. The lowest BCUT2D eigenvalue weighted by Crippen LogP contribution is -2.51. The Morgan fingerprint density at radius 2 is 1.68 bits per heavy atom. The van der Waals surface area contributed by atoms with E-state index in [0.717, 1.165) is 22.5 Å². The van der Waals surface area contributed by atoms with E-state index in [2.05, 4.69) is 21.2 Å². The molecule has 0 aliphatic heterocycles. The Bertz CT molecular complexity index is 999. The van der Waals surface area contributed by atoms with Crippen LogP contribution in [0.4, 0.5) is 5.69 Å². The number of nitrogens with zero attached hydrogens (tertiary/aromatic N) is 2. The van der Waals surface area contributed by atoms with E-state index in [0.29, 0.717) is 16.7 Å². The highest BCUT2D eigenvalue weighted by molar-refractivity contribution is 9.10. The molecule has 1 N–H and O–H groups in total. The maximum atomic E-state index is 13.3. The van der Waals surface area contributed by atoms with E-state index in [1.165, 1.54) is 4.90 Å².